The average Bonchev–Trinajstić information content (AvgIpc) is 1.60. The number of nitrogens with zero attached hydrogens (tertiary/aromatic N) is 6. The van der Waals surface area contributed by atoms with Gasteiger partial charge in [-0.25, -0.2) is 25.3 Å². The molecule has 0 radical (unpaired) electrons. The van der Waals surface area contributed by atoms with Gasteiger partial charge in [-0.05, 0) is 96.5 Å². The number of carbonyl (C=O) groups is 5. The molecule has 1 amide bonds. The zero-order valence-corrected chi connectivity index (χ0v) is 54.9. The minimum atomic E-state index is -4.38. The van der Waals surface area contributed by atoms with Gasteiger partial charge in [-0.15, -0.1) is 0 Å². The van der Waals surface area contributed by atoms with Crippen molar-refractivity contribution >= 4 is 67.8 Å². The zero-order valence-electron chi connectivity index (χ0n) is 52.3. The molecule has 29 nitrogen and oxygen atoms in total. The van der Waals surface area contributed by atoms with Gasteiger partial charge >= 0.3 is 50.3 Å². The van der Waals surface area contributed by atoms with Crippen molar-refractivity contribution in [2.24, 2.45) is 23.2 Å². The largest absolute Gasteiger partial charge is 0.462 e. The van der Waals surface area contributed by atoms with E-state index >= 15 is 0 Å². The molecule has 0 aliphatic carbocycles. The molecule has 2 aromatic heterocycles. The highest BCUT2D eigenvalue weighted by Gasteiger charge is 2.62. The molecule has 2 aliphatic heterocycles. The van der Waals surface area contributed by atoms with E-state index in [9.17, 15) is 53.1 Å². The number of amides is 1. The van der Waals surface area contributed by atoms with Crippen molar-refractivity contribution in [1.82, 2.24) is 29.3 Å². The summed E-state index contributed by atoms with van der Waals surface area (Å²) < 4.78 is 80.6. The van der Waals surface area contributed by atoms with Crippen molar-refractivity contribution in [3.63, 3.8) is 0 Å². The van der Waals surface area contributed by atoms with Crippen LogP contribution in [-0.4, -0.2) is 121 Å². The summed E-state index contributed by atoms with van der Waals surface area (Å²) in [4.78, 5) is 96.3. The third kappa shape index (κ3) is 20.8. The Kier molecular flexibility index (Phi) is 27.6. The van der Waals surface area contributed by atoms with Gasteiger partial charge in [-0.3, -0.25) is 42.2 Å². The molecular formula is C58H79ClN10O19P2. The highest BCUT2D eigenvalue weighted by atomic mass is 35.5. The van der Waals surface area contributed by atoms with Gasteiger partial charge in [0.15, 0.2) is 18.4 Å². The van der Waals surface area contributed by atoms with Gasteiger partial charge in [-0.1, -0.05) is 77.9 Å². The number of benzene rings is 2. The number of esters is 3. The first-order chi connectivity index (χ1) is 42.0. The number of aromatic nitrogens is 4. The summed E-state index contributed by atoms with van der Waals surface area (Å²) in [6.45, 7) is 29.0. The number of nitriles is 1. The lowest BCUT2D eigenvalue weighted by Gasteiger charge is -2.29. The Morgan fingerprint density at radius 1 is 0.711 bits per heavy atom. The van der Waals surface area contributed by atoms with Gasteiger partial charge in [0, 0.05) is 31.2 Å². The first-order valence-electron chi connectivity index (χ1n) is 28.4. The van der Waals surface area contributed by atoms with Crippen molar-refractivity contribution in [2.45, 2.75) is 164 Å². The van der Waals surface area contributed by atoms with Crippen LogP contribution >= 0.6 is 27.1 Å². The van der Waals surface area contributed by atoms with Crippen molar-refractivity contribution in [3.8, 4) is 17.6 Å². The number of para-hydroxylation sites is 2. The fourth-order valence-electron chi connectivity index (χ4n) is 8.01. The number of halogens is 1. The van der Waals surface area contributed by atoms with Crippen LogP contribution < -0.4 is 41.7 Å². The highest BCUT2D eigenvalue weighted by molar-refractivity contribution is 7.52. The van der Waals surface area contributed by atoms with Crippen LogP contribution in [-0.2, 0) is 65.8 Å². The SMILES string of the molecule is CC(C)C(=O)Cl.CC(C)OC(=O)[C@H](C)NP(=O)(OC[C@H]1O[C@@H](n2ccc(NC(=O)C(C)C)nc2=O)[C@](C)(C#N)[C@@H]1OC(=O)C(C)C)Oc1ccccc1.[C-]#[N+][C@@]1(C)C(n2ccc(N)nc2=O)O[C@H](COP(=O)(N[C@@H](C)C(=O)OC(C)C)Oc2ccccc2)[C@H]1O. The third-order valence-corrected chi connectivity index (χ3v) is 16.7. The molecule has 90 heavy (non-hydrogen) atoms. The summed E-state index contributed by atoms with van der Waals surface area (Å²) in [5.74, 6) is -3.04. The Hall–Kier alpha value is -7.40. The van der Waals surface area contributed by atoms with Crippen molar-refractivity contribution in [2.75, 3.05) is 24.3 Å². The lowest BCUT2D eigenvalue weighted by molar-refractivity contribution is -0.159. The average molecular weight is 1320 g/mol. The van der Waals surface area contributed by atoms with Crippen LogP contribution in [0.5, 0.6) is 11.5 Å². The van der Waals surface area contributed by atoms with Crippen LogP contribution in [0.25, 0.3) is 4.85 Å². The number of nitrogen functional groups attached to an aromatic ring is 1. The Balaban J connectivity index is 0.000000360. The molecule has 32 heteroatoms. The molecule has 4 aromatic rings. The standard InChI is InChI=1S/C31H42N5O10P.C23H30N5O8P.C4H7ClO/c1-18(2)26(37)33-24-14-15-36(30(40)34-24)29-31(8,17-32)25(45-27(38)19(3)4)23(44-29)16-42-47(41,46-22-12-10-9-11-13-22)35-21(7)28(39)43-20(5)6;1-14(2)34-20(30)15(3)27-37(32,36-16-9-7-6-8-10-16)33-13-17-19(29)23(4,25-5)21(35-17)28-12-11-18(24)26-22(28)31;1-3(2)4(5)6/h9-15,18-21,23,25,29H,16H2,1-8H3,(H,35,41)(H,33,34,37,40);6-12,14-15,17,19,21,29H,13H2,1-4H3,(H,27,32)(H2,24,26,31);3H,1-2H3/t21-,23+,25+,29+,31+,47?;15-,17+,19+,21?,23+,37?;/m00./s1. The van der Waals surface area contributed by atoms with E-state index in [1.165, 1.54) is 64.4 Å². The molecule has 2 aliphatic rings. The molecular weight excluding hydrogens is 1240 g/mol. The summed E-state index contributed by atoms with van der Waals surface area (Å²) in [5, 5.41) is 28.7. The van der Waals surface area contributed by atoms with Crippen LogP contribution in [0.3, 0.4) is 0 Å². The Labute approximate surface area is 526 Å². The molecule has 12 atom stereocenters. The molecule has 2 fully saturated rings. The zero-order chi connectivity index (χ0) is 67.6. The lowest BCUT2D eigenvalue weighted by atomic mass is 9.83. The van der Waals surface area contributed by atoms with Gasteiger partial charge in [0.05, 0.1) is 37.4 Å². The lowest BCUT2D eigenvalue weighted by Crippen LogP contribution is -2.44. The summed E-state index contributed by atoms with van der Waals surface area (Å²) in [5.41, 5.74) is 0.628. The molecule has 6 N–H and O–H groups in total. The first-order valence-corrected chi connectivity index (χ1v) is 31.9. The van der Waals surface area contributed by atoms with Crippen molar-refractivity contribution < 1.29 is 80.0 Å². The minimum absolute atomic E-state index is 0.000497. The van der Waals surface area contributed by atoms with Crippen LogP contribution in [0.15, 0.2) is 94.8 Å². The van der Waals surface area contributed by atoms with E-state index in [-0.39, 0.29) is 46.1 Å². The number of carbonyl (C=O) groups excluding carboxylic acids is 5. The smallest absolute Gasteiger partial charge is 0.459 e. The number of aliphatic hydroxyl groups is 1. The fraction of sp³-hybridized carbons (Fsp3) is 0.534. The van der Waals surface area contributed by atoms with E-state index in [1.807, 2.05) is 0 Å². The summed E-state index contributed by atoms with van der Waals surface area (Å²) in [6.07, 6.45) is -6.06. The molecule has 492 valence electrons. The summed E-state index contributed by atoms with van der Waals surface area (Å²) in [7, 11) is -8.63. The maximum absolute atomic E-state index is 14.1. The molecule has 4 heterocycles. The molecule has 2 aromatic carbocycles. The van der Waals surface area contributed by atoms with Crippen LogP contribution in [0.4, 0.5) is 11.6 Å². The summed E-state index contributed by atoms with van der Waals surface area (Å²) in [6, 6.07) is 18.8. The van der Waals surface area contributed by atoms with Gasteiger partial charge < -0.3 is 53.7 Å². The Bertz CT molecular complexity index is 3420. The van der Waals surface area contributed by atoms with Crippen molar-refractivity contribution in [1.29, 1.82) is 5.26 Å². The van der Waals surface area contributed by atoms with Gasteiger partial charge in [0.2, 0.25) is 17.4 Å². The second-order valence-corrected chi connectivity index (χ2v) is 26.2. The second kappa shape index (κ2) is 33.1. The van der Waals surface area contributed by atoms with Crippen LogP contribution in [0, 0.1) is 41.1 Å². The molecule has 6 rings (SSSR count). The molecule has 0 saturated carbocycles. The maximum atomic E-state index is 14.1. The van der Waals surface area contributed by atoms with Crippen LogP contribution in [0.2, 0.25) is 0 Å². The topological polar surface area (TPSA) is 383 Å². The number of anilines is 2. The monoisotopic (exact) mass is 1320 g/mol. The van der Waals surface area contributed by atoms with E-state index in [4.69, 9.17) is 65.7 Å². The van der Waals surface area contributed by atoms with Crippen molar-refractivity contribution in [3.05, 3.63) is 118 Å². The van der Waals surface area contributed by atoms with E-state index in [0.29, 0.717) is 0 Å². The van der Waals surface area contributed by atoms with E-state index < -0.39 is 136 Å². The molecule has 0 spiro atoms. The minimum Gasteiger partial charge on any atom is -0.462 e. The van der Waals surface area contributed by atoms with E-state index in [2.05, 4.69) is 36.4 Å². The normalized spacial score (nSPS) is 23.1. The Morgan fingerprint density at radius 2 is 1.16 bits per heavy atom. The number of nitrogens with two attached hydrogens (primary N) is 1. The predicted octanol–water partition coefficient (Wildman–Crippen LogP) is 7.27. The molecule has 2 saturated heterocycles. The number of ether oxygens (including phenoxy) is 5. The Morgan fingerprint density at radius 3 is 1.57 bits per heavy atom. The van der Waals surface area contributed by atoms with E-state index in [1.54, 1.807) is 118 Å². The first kappa shape index (κ1) is 75.1. The predicted molar refractivity (Wildman–Crippen MR) is 327 cm³/mol. The number of rotatable bonds is 25. The quantitative estimate of drug-likeness (QED) is 0.0143. The number of aliphatic hydroxyl groups excluding tert-OH is 1. The highest BCUT2D eigenvalue weighted by Crippen LogP contribution is 2.51. The second-order valence-electron chi connectivity index (χ2n) is 22.5. The summed E-state index contributed by atoms with van der Waals surface area (Å²) >= 11 is 4.97. The molecule has 0 bridgehead atoms. The van der Waals surface area contributed by atoms with E-state index in [0.717, 1.165) is 9.13 Å². The molecule has 3 unspecified atom stereocenters. The number of nitrogens with one attached hydrogen (secondary N) is 3. The van der Waals surface area contributed by atoms with Gasteiger partial charge in [0.1, 0.15) is 52.8 Å². The number of hydrogen-bond donors (Lipinski definition) is 5. The maximum Gasteiger partial charge on any atom is 0.459 e. The van der Waals surface area contributed by atoms with Gasteiger partial charge in [0.25, 0.3) is 0 Å². The third-order valence-electron chi connectivity index (χ3n) is 13.0. The fourth-order valence-corrected chi connectivity index (χ4v) is 11.0. The van der Waals surface area contributed by atoms with Gasteiger partial charge in [-0.2, -0.15) is 25.4 Å². The number of hydrogen-bond acceptors (Lipinski definition) is 23. The van der Waals surface area contributed by atoms with Crippen LogP contribution in [0.1, 0.15) is 109 Å².